The Balaban J connectivity index is 2.10. The number of amides is 1. The molecule has 0 heterocycles. The minimum atomic E-state index is -1.49. The number of carbonyl (C=O) groups is 2. The number of aliphatic carboxylic acids is 1. The molecule has 6 nitrogen and oxygen atoms in total. The molecule has 144 valence electrons. The van der Waals surface area contributed by atoms with Crippen LogP contribution in [0.2, 0.25) is 0 Å². The predicted octanol–water partition coefficient (Wildman–Crippen LogP) is 2.51. The summed E-state index contributed by atoms with van der Waals surface area (Å²) in [7, 11) is 0. The fourth-order valence-electron chi connectivity index (χ4n) is 3.16. The highest BCUT2D eigenvalue weighted by Crippen LogP contribution is 2.51. The molecule has 0 aliphatic heterocycles. The zero-order chi connectivity index (χ0) is 19.7. The molecule has 1 aliphatic rings. The summed E-state index contributed by atoms with van der Waals surface area (Å²) in [4.78, 5) is 24.3. The van der Waals surface area contributed by atoms with Gasteiger partial charge in [-0.15, -0.1) is 0 Å². The van der Waals surface area contributed by atoms with Crippen LogP contribution in [0, 0.1) is 17.0 Å². The molecule has 1 aromatic carbocycles. The monoisotopic (exact) mass is 371 g/mol. The van der Waals surface area contributed by atoms with E-state index in [1.807, 2.05) is 6.92 Å². The second-order valence-electron chi connectivity index (χ2n) is 6.91. The third-order valence-corrected chi connectivity index (χ3v) is 5.04. The summed E-state index contributed by atoms with van der Waals surface area (Å²) in [6.07, 6.45) is -1.27. The molecule has 2 N–H and O–H groups in total. The Morgan fingerprint density at radius 3 is 2.50 bits per heavy atom. The Morgan fingerprint density at radius 2 is 2.00 bits per heavy atom. The average Bonchev–Trinajstić information content (AvgIpc) is 2.56. The first-order valence-corrected chi connectivity index (χ1v) is 8.34. The number of hydrogen-bond acceptors (Lipinski definition) is 4. The SMILES string of the molecule is CCOC1CC(NC(=O)C(C)Oc2ccc(F)c(F)c2)(C(=O)O)C1(C)C. The van der Waals surface area contributed by atoms with E-state index in [2.05, 4.69) is 5.32 Å². The Hall–Kier alpha value is -2.22. The number of ether oxygens (including phenoxy) is 2. The third-order valence-electron chi connectivity index (χ3n) is 5.04. The smallest absolute Gasteiger partial charge is 0.330 e. The van der Waals surface area contributed by atoms with E-state index in [4.69, 9.17) is 9.47 Å². The predicted molar refractivity (Wildman–Crippen MR) is 88.8 cm³/mol. The zero-order valence-corrected chi connectivity index (χ0v) is 15.1. The van der Waals surface area contributed by atoms with Gasteiger partial charge in [0, 0.05) is 24.5 Å². The van der Waals surface area contributed by atoms with Crippen molar-refractivity contribution in [2.45, 2.75) is 51.9 Å². The van der Waals surface area contributed by atoms with Crippen molar-refractivity contribution < 1.29 is 33.0 Å². The van der Waals surface area contributed by atoms with Gasteiger partial charge in [-0.25, -0.2) is 13.6 Å². The number of hydrogen-bond donors (Lipinski definition) is 2. The fraction of sp³-hybridized carbons (Fsp3) is 0.556. The second-order valence-corrected chi connectivity index (χ2v) is 6.91. The van der Waals surface area contributed by atoms with E-state index in [0.29, 0.717) is 6.61 Å². The molecule has 0 aromatic heterocycles. The van der Waals surface area contributed by atoms with Crippen LogP contribution in [0.1, 0.15) is 34.1 Å². The van der Waals surface area contributed by atoms with Crippen molar-refractivity contribution in [3.8, 4) is 5.75 Å². The number of carboxylic acids is 1. The van der Waals surface area contributed by atoms with Crippen LogP contribution in [0.3, 0.4) is 0 Å². The van der Waals surface area contributed by atoms with E-state index >= 15 is 0 Å². The summed E-state index contributed by atoms with van der Waals surface area (Å²) >= 11 is 0. The molecule has 3 unspecified atom stereocenters. The summed E-state index contributed by atoms with van der Waals surface area (Å²) in [6, 6.07) is 2.90. The maximum atomic E-state index is 13.2. The van der Waals surface area contributed by atoms with Crippen LogP contribution >= 0.6 is 0 Å². The minimum Gasteiger partial charge on any atom is -0.481 e. The van der Waals surface area contributed by atoms with Gasteiger partial charge in [-0.2, -0.15) is 0 Å². The molecule has 1 fully saturated rings. The van der Waals surface area contributed by atoms with Gasteiger partial charge in [-0.05, 0) is 26.0 Å². The molecule has 0 radical (unpaired) electrons. The van der Waals surface area contributed by atoms with Crippen LogP contribution in [-0.2, 0) is 14.3 Å². The minimum absolute atomic E-state index is 0.0315. The lowest BCUT2D eigenvalue weighted by Crippen LogP contribution is -2.76. The fourth-order valence-corrected chi connectivity index (χ4v) is 3.16. The summed E-state index contributed by atoms with van der Waals surface area (Å²) in [5, 5.41) is 12.2. The molecule has 26 heavy (non-hydrogen) atoms. The third kappa shape index (κ3) is 3.38. The quantitative estimate of drug-likeness (QED) is 0.769. The van der Waals surface area contributed by atoms with E-state index in [1.54, 1.807) is 13.8 Å². The van der Waals surface area contributed by atoms with Gasteiger partial charge in [-0.3, -0.25) is 4.79 Å². The molecule has 0 saturated heterocycles. The van der Waals surface area contributed by atoms with E-state index < -0.39 is 40.6 Å². The number of halogens is 2. The average molecular weight is 371 g/mol. The van der Waals surface area contributed by atoms with Gasteiger partial charge in [0.15, 0.2) is 17.7 Å². The molecule has 1 aliphatic carbocycles. The van der Waals surface area contributed by atoms with Crippen LogP contribution in [0.4, 0.5) is 8.78 Å². The normalized spacial score (nSPS) is 25.1. The van der Waals surface area contributed by atoms with Gasteiger partial charge in [0.1, 0.15) is 11.3 Å². The van der Waals surface area contributed by atoms with Gasteiger partial charge >= 0.3 is 5.97 Å². The molecule has 0 bridgehead atoms. The van der Waals surface area contributed by atoms with Crippen molar-refractivity contribution >= 4 is 11.9 Å². The molecular formula is C18H23F2NO5. The number of rotatable bonds is 7. The molecular weight excluding hydrogens is 348 g/mol. The van der Waals surface area contributed by atoms with Crippen molar-refractivity contribution in [2.24, 2.45) is 5.41 Å². The topological polar surface area (TPSA) is 84.9 Å². The first-order valence-electron chi connectivity index (χ1n) is 8.34. The lowest BCUT2D eigenvalue weighted by molar-refractivity contribution is -0.195. The number of carboxylic acid groups (broad SMARTS) is 1. The molecule has 1 saturated carbocycles. The van der Waals surface area contributed by atoms with Gasteiger partial charge < -0.3 is 19.9 Å². The van der Waals surface area contributed by atoms with E-state index in [-0.39, 0.29) is 18.3 Å². The van der Waals surface area contributed by atoms with Crippen LogP contribution in [-0.4, -0.2) is 41.3 Å². The number of benzene rings is 1. The standard InChI is InChI=1S/C18H23F2NO5/c1-5-25-14-9-18(16(23)24,17(14,3)4)21-15(22)10(2)26-11-6-7-12(19)13(20)8-11/h6-8,10,14H,5,9H2,1-4H3,(H,21,22)(H,23,24). The lowest BCUT2D eigenvalue weighted by atomic mass is 9.54. The molecule has 3 atom stereocenters. The Kier molecular flexibility index (Phi) is 5.55. The van der Waals surface area contributed by atoms with Crippen LogP contribution in [0.5, 0.6) is 5.75 Å². The first-order chi connectivity index (χ1) is 12.0. The highest BCUT2D eigenvalue weighted by Gasteiger charge is 2.66. The van der Waals surface area contributed by atoms with Crippen molar-refractivity contribution in [3.05, 3.63) is 29.8 Å². The maximum Gasteiger partial charge on any atom is 0.330 e. The van der Waals surface area contributed by atoms with E-state index in [9.17, 15) is 23.5 Å². The van der Waals surface area contributed by atoms with Crippen molar-refractivity contribution in [2.75, 3.05) is 6.61 Å². The second kappa shape index (κ2) is 7.19. The van der Waals surface area contributed by atoms with Crippen molar-refractivity contribution in [3.63, 3.8) is 0 Å². The summed E-state index contributed by atoms with van der Waals surface area (Å²) in [5.41, 5.74) is -2.32. The van der Waals surface area contributed by atoms with Gasteiger partial charge in [0.2, 0.25) is 0 Å². The van der Waals surface area contributed by atoms with Crippen LogP contribution < -0.4 is 10.1 Å². The Morgan fingerprint density at radius 1 is 1.35 bits per heavy atom. The molecule has 1 amide bonds. The van der Waals surface area contributed by atoms with Gasteiger partial charge in [-0.1, -0.05) is 13.8 Å². The van der Waals surface area contributed by atoms with Gasteiger partial charge in [0.05, 0.1) is 6.10 Å². The Bertz CT molecular complexity index is 709. The first kappa shape index (κ1) is 20.1. The van der Waals surface area contributed by atoms with E-state index in [1.165, 1.54) is 13.0 Å². The maximum absolute atomic E-state index is 13.2. The Labute approximate surface area is 150 Å². The molecule has 1 aromatic rings. The number of nitrogens with one attached hydrogen (secondary N) is 1. The lowest BCUT2D eigenvalue weighted by Gasteiger charge is -2.58. The summed E-state index contributed by atoms with van der Waals surface area (Å²) in [5.74, 6) is -3.99. The summed E-state index contributed by atoms with van der Waals surface area (Å²) in [6.45, 7) is 7.08. The zero-order valence-electron chi connectivity index (χ0n) is 15.1. The van der Waals surface area contributed by atoms with Crippen molar-refractivity contribution in [1.29, 1.82) is 0 Å². The van der Waals surface area contributed by atoms with Crippen LogP contribution in [0.25, 0.3) is 0 Å². The highest BCUT2D eigenvalue weighted by molar-refractivity contribution is 5.91. The van der Waals surface area contributed by atoms with E-state index in [0.717, 1.165) is 12.1 Å². The molecule has 0 spiro atoms. The number of carbonyl (C=O) groups excluding carboxylic acids is 1. The van der Waals surface area contributed by atoms with Crippen LogP contribution in [0.15, 0.2) is 18.2 Å². The van der Waals surface area contributed by atoms with Gasteiger partial charge in [0.25, 0.3) is 5.91 Å². The molecule has 8 heteroatoms. The van der Waals surface area contributed by atoms with Crippen molar-refractivity contribution in [1.82, 2.24) is 5.32 Å². The summed E-state index contributed by atoms with van der Waals surface area (Å²) < 4.78 is 37.0. The highest BCUT2D eigenvalue weighted by atomic mass is 19.2. The largest absolute Gasteiger partial charge is 0.481 e. The molecule has 2 rings (SSSR count).